The number of halogens is 1. The second-order valence-corrected chi connectivity index (χ2v) is 9.44. The van der Waals surface area contributed by atoms with Gasteiger partial charge in [0.1, 0.15) is 5.82 Å². The Morgan fingerprint density at radius 1 is 1.26 bits per heavy atom. The van der Waals surface area contributed by atoms with Gasteiger partial charge < -0.3 is 19.8 Å². The molecule has 0 aliphatic carbocycles. The first-order valence-corrected chi connectivity index (χ1v) is 12.1. The van der Waals surface area contributed by atoms with Crippen LogP contribution in [-0.4, -0.2) is 72.9 Å². The lowest BCUT2D eigenvalue weighted by Crippen LogP contribution is -2.44. The summed E-state index contributed by atoms with van der Waals surface area (Å²) < 4.78 is 1.93. The van der Waals surface area contributed by atoms with Crippen LogP contribution in [-0.2, 0) is 18.4 Å². The molecular formula is C25H29ClN8O. The molecule has 0 unspecified atom stereocenters. The lowest BCUT2D eigenvalue weighted by Gasteiger charge is -2.32. The van der Waals surface area contributed by atoms with Crippen LogP contribution in [0.15, 0.2) is 49.1 Å². The van der Waals surface area contributed by atoms with Gasteiger partial charge in [0.25, 0.3) is 0 Å². The number of aryl methyl sites for hydroxylation is 1. The first-order valence-electron chi connectivity index (χ1n) is 11.8. The van der Waals surface area contributed by atoms with Crippen molar-refractivity contribution in [2.75, 3.05) is 32.0 Å². The van der Waals surface area contributed by atoms with Crippen LogP contribution in [0, 0.1) is 0 Å². The Kier molecular flexibility index (Phi) is 6.70. The van der Waals surface area contributed by atoms with Gasteiger partial charge in [-0.3, -0.25) is 9.69 Å². The first-order chi connectivity index (χ1) is 17.0. The number of likely N-dealkylation sites (N-methyl/N-ethyl adjacent to an activating group) is 1. The van der Waals surface area contributed by atoms with Gasteiger partial charge in [0.2, 0.25) is 11.9 Å². The molecule has 10 heteroatoms. The largest absolute Gasteiger partial charge is 0.360 e. The van der Waals surface area contributed by atoms with E-state index in [1.807, 2.05) is 49.3 Å². The molecule has 1 saturated heterocycles. The maximum absolute atomic E-state index is 12.7. The van der Waals surface area contributed by atoms with Crippen molar-refractivity contribution in [3.8, 4) is 11.3 Å². The molecule has 1 aliphatic rings. The average molecular weight is 493 g/mol. The number of amides is 1. The molecular weight excluding hydrogens is 464 g/mol. The number of piperidine rings is 1. The lowest BCUT2D eigenvalue weighted by atomic mass is 10.1. The van der Waals surface area contributed by atoms with Gasteiger partial charge in [-0.2, -0.15) is 0 Å². The molecule has 1 fully saturated rings. The van der Waals surface area contributed by atoms with Crippen LogP contribution < -0.4 is 5.32 Å². The van der Waals surface area contributed by atoms with E-state index in [1.165, 1.54) is 0 Å². The van der Waals surface area contributed by atoms with E-state index >= 15 is 0 Å². The fourth-order valence-corrected chi connectivity index (χ4v) is 4.66. The third kappa shape index (κ3) is 5.16. The van der Waals surface area contributed by atoms with E-state index < -0.39 is 0 Å². The van der Waals surface area contributed by atoms with Gasteiger partial charge in [0, 0.05) is 68.3 Å². The van der Waals surface area contributed by atoms with Gasteiger partial charge in [-0.25, -0.2) is 15.0 Å². The van der Waals surface area contributed by atoms with Gasteiger partial charge >= 0.3 is 0 Å². The number of nitrogens with one attached hydrogen (secondary N) is 2. The maximum Gasteiger partial charge on any atom is 0.236 e. The predicted molar refractivity (Wildman–Crippen MR) is 137 cm³/mol. The molecule has 0 radical (unpaired) electrons. The standard InChI is InChI=1S/C25H29ClN8O/c1-32-12-9-27-22(32)15-33(2)23(35)16-34-10-7-17(8-11-34)30-25-29-14-20(26)24(31-25)19-13-28-21-6-4-3-5-18(19)21/h3-6,9,12-14,17,28H,7-8,10-11,15-16H2,1-2H3,(H,29,30,31). The highest BCUT2D eigenvalue weighted by atomic mass is 35.5. The van der Waals surface area contributed by atoms with Crippen LogP contribution in [0.25, 0.3) is 22.2 Å². The molecule has 0 saturated carbocycles. The number of fused-ring (bicyclic) bond motifs is 1. The molecule has 4 aromatic rings. The van der Waals surface area contributed by atoms with Crippen LogP contribution in [0.3, 0.4) is 0 Å². The number of para-hydroxylation sites is 1. The number of aromatic nitrogens is 5. The minimum absolute atomic E-state index is 0.101. The van der Waals surface area contributed by atoms with E-state index in [-0.39, 0.29) is 11.9 Å². The van der Waals surface area contributed by atoms with Crippen molar-refractivity contribution in [1.29, 1.82) is 0 Å². The molecule has 1 aromatic carbocycles. The normalized spacial score (nSPS) is 14.9. The Bertz CT molecular complexity index is 1320. The molecule has 9 nitrogen and oxygen atoms in total. The molecule has 0 bridgehead atoms. The average Bonchev–Trinajstić information content (AvgIpc) is 3.47. The Labute approximate surface area is 209 Å². The van der Waals surface area contributed by atoms with Crippen molar-refractivity contribution in [2.45, 2.75) is 25.4 Å². The molecule has 35 heavy (non-hydrogen) atoms. The van der Waals surface area contributed by atoms with Crippen LogP contribution >= 0.6 is 11.6 Å². The highest BCUT2D eigenvalue weighted by molar-refractivity contribution is 6.33. The van der Waals surface area contributed by atoms with Gasteiger partial charge in [-0.15, -0.1) is 0 Å². The number of hydrogen-bond acceptors (Lipinski definition) is 6. The molecule has 5 rings (SSSR count). The fraction of sp³-hybridized carbons (Fsp3) is 0.360. The van der Waals surface area contributed by atoms with E-state index in [0.29, 0.717) is 29.8 Å². The highest BCUT2D eigenvalue weighted by Gasteiger charge is 2.23. The second kappa shape index (κ2) is 10.1. The maximum atomic E-state index is 12.7. The summed E-state index contributed by atoms with van der Waals surface area (Å²) in [6.45, 7) is 2.59. The number of aromatic amines is 1. The fourth-order valence-electron chi connectivity index (χ4n) is 4.47. The van der Waals surface area contributed by atoms with Crippen molar-refractivity contribution in [3.63, 3.8) is 0 Å². The zero-order valence-electron chi connectivity index (χ0n) is 19.9. The van der Waals surface area contributed by atoms with Crippen molar-refractivity contribution in [1.82, 2.24) is 34.3 Å². The summed E-state index contributed by atoms with van der Waals surface area (Å²) in [5.41, 5.74) is 2.71. The number of rotatable bonds is 7. The summed E-state index contributed by atoms with van der Waals surface area (Å²) in [5, 5.41) is 5.06. The number of anilines is 1. The number of imidazole rings is 1. The molecule has 0 atom stereocenters. The zero-order valence-corrected chi connectivity index (χ0v) is 20.7. The van der Waals surface area contributed by atoms with Gasteiger partial charge in [-0.05, 0) is 18.9 Å². The third-order valence-corrected chi connectivity index (χ3v) is 6.87. The van der Waals surface area contributed by atoms with Gasteiger partial charge in [0.05, 0.1) is 30.0 Å². The Balaban J connectivity index is 1.17. The van der Waals surface area contributed by atoms with Crippen molar-refractivity contribution in [2.24, 2.45) is 7.05 Å². The molecule has 3 aromatic heterocycles. The number of likely N-dealkylation sites (tertiary alicyclic amines) is 1. The number of H-pyrrole nitrogens is 1. The summed E-state index contributed by atoms with van der Waals surface area (Å²) in [5.74, 6) is 1.54. The van der Waals surface area contributed by atoms with Crippen molar-refractivity contribution >= 4 is 34.4 Å². The van der Waals surface area contributed by atoms with E-state index in [1.54, 1.807) is 17.3 Å². The first kappa shape index (κ1) is 23.3. The van der Waals surface area contributed by atoms with Crippen LogP contribution in [0.2, 0.25) is 5.02 Å². The topological polar surface area (TPSA) is 95.0 Å². The lowest BCUT2D eigenvalue weighted by molar-refractivity contribution is -0.132. The minimum Gasteiger partial charge on any atom is -0.360 e. The Hall–Kier alpha value is -3.43. The smallest absolute Gasteiger partial charge is 0.236 e. The van der Waals surface area contributed by atoms with Gasteiger partial charge in [-0.1, -0.05) is 29.8 Å². The van der Waals surface area contributed by atoms with Crippen LogP contribution in [0.1, 0.15) is 18.7 Å². The highest BCUT2D eigenvalue weighted by Crippen LogP contribution is 2.32. The van der Waals surface area contributed by atoms with Crippen LogP contribution in [0.4, 0.5) is 5.95 Å². The minimum atomic E-state index is 0.101. The van der Waals surface area contributed by atoms with Crippen molar-refractivity contribution in [3.05, 3.63) is 59.9 Å². The van der Waals surface area contributed by atoms with E-state index in [2.05, 4.69) is 31.2 Å². The van der Waals surface area contributed by atoms with E-state index in [0.717, 1.165) is 48.2 Å². The summed E-state index contributed by atoms with van der Waals surface area (Å²) in [7, 11) is 3.76. The summed E-state index contributed by atoms with van der Waals surface area (Å²) in [4.78, 5) is 33.4. The SMILES string of the molecule is CN(Cc1nccn1C)C(=O)CN1CCC(Nc2ncc(Cl)c(-c3c[nH]c4ccccc34)n2)CC1. The molecule has 1 aliphatic heterocycles. The molecule has 182 valence electrons. The number of nitrogens with zero attached hydrogens (tertiary/aromatic N) is 6. The monoisotopic (exact) mass is 492 g/mol. The summed E-state index contributed by atoms with van der Waals surface area (Å²) in [6, 6.07) is 8.32. The molecule has 1 amide bonds. The summed E-state index contributed by atoms with van der Waals surface area (Å²) in [6.07, 6.45) is 9.04. The third-order valence-electron chi connectivity index (χ3n) is 6.59. The number of benzene rings is 1. The number of hydrogen-bond donors (Lipinski definition) is 2. The molecule has 4 heterocycles. The summed E-state index contributed by atoms with van der Waals surface area (Å²) >= 11 is 6.46. The molecule has 0 spiro atoms. The van der Waals surface area contributed by atoms with Crippen LogP contribution in [0.5, 0.6) is 0 Å². The second-order valence-electron chi connectivity index (χ2n) is 9.04. The van der Waals surface area contributed by atoms with E-state index in [4.69, 9.17) is 16.6 Å². The quantitative estimate of drug-likeness (QED) is 0.409. The zero-order chi connectivity index (χ0) is 24.4. The van der Waals surface area contributed by atoms with Crippen molar-refractivity contribution < 1.29 is 4.79 Å². The predicted octanol–water partition coefficient (Wildman–Crippen LogP) is 3.55. The Morgan fingerprint density at radius 3 is 2.83 bits per heavy atom. The molecule has 2 N–H and O–H groups in total. The Morgan fingerprint density at radius 2 is 2.06 bits per heavy atom. The number of carbonyl (C=O) groups is 1. The van der Waals surface area contributed by atoms with E-state index in [9.17, 15) is 4.79 Å². The number of carbonyl (C=O) groups excluding carboxylic acids is 1. The van der Waals surface area contributed by atoms with Gasteiger partial charge in [0.15, 0.2) is 0 Å².